The van der Waals surface area contributed by atoms with Crippen LogP contribution in [-0.4, -0.2) is 0 Å². The van der Waals surface area contributed by atoms with E-state index in [4.69, 9.17) is 0 Å². The third-order valence-corrected chi connectivity index (χ3v) is 10.6. The fraction of sp³-hybridized carbons (Fsp3) is 0.167. The molecule has 0 amide bonds. The second-order valence-electron chi connectivity index (χ2n) is 14.9. The summed E-state index contributed by atoms with van der Waals surface area (Å²) in [6.07, 6.45) is 2.35. The van der Waals surface area contributed by atoms with Crippen LogP contribution >= 0.6 is 0 Å². The molecule has 0 N–H and O–H groups in total. The summed E-state index contributed by atoms with van der Waals surface area (Å²) in [6, 6.07) is 61.8. The van der Waals surface area contributed by atoms with Crippen molar-refractivity contribution in [1.82, 2.24) is 0 Å². The first kappa shape index (κ1) is 31.7. The fourth-order valence-corrected chi connectivity index (χ4v) is 7.88. The lowest BCUT2D eigenvalue weighted by Crippen LogP contribution is -2.35. The quantitative estimate of drug-likeness (QED) is 0.170. The molecule has 50 heavy (non-hydrogen) atoms. The molecule has 246 valence electrons. The third-order valence-electron chi connectivity index (χ3n) is 10.6. The molecule has 0 aromatic heterocycles. The van der Waals surface area contributed by atoms with E-state index in [9.17, 15) is 0 Å². The van der Waals surface area contributed by atoms with Crippen LogP contribution < -0.4 is 9.80 Å². The second kappa shape index (κ2) is 12.7. The Morgan fingerprint density at radius 2 is 0.880 bits per heavy atom. The Hall–Kier alpha value is -5.60. The zero-order chi connectivity index (χ0) is 34.3. The van der Waals surface area contributed by atoms with E-state index in [1.807, 2.05) is 0 Å². The van der Waals surface area contributed by atoms with Crippen molar-refractivity contribution < 1.29 is 0 Å². The van der Waals surface area contributed by atoms with Crippen LogP contribution in [0.3, 0.4) is 0 Å². The van der Waals surface area contributed by atoms with Crippen molar-refractivity contribution >= 4 is 44.9 Å². The van der Waals surface area contributed by atoms with Crippen LogP contribution in [-0.2, 0) is 10.8 Å². The predicted octanol–water partition coefficient (Wildman–Crippen LogP) is 13.8. The van der Waals surface area contributed by atoms with Gasteiger partial charge in [-0.3, -0.25) is 0 Å². The van der Waals surface area contributed by atoms with E-state index in [1.54, 1.807) is 0 Å². The lowest BCUT2D eigenvalue weighted by Gasteiger charge is -2.44. The van der Waals surface area contributed by atoms with E-state index in [-0.39, 0.29) is 10.8 Å². The summed E-state index contributed by atoms with van der Waals surface area (Å²) in [5.41, 5.74) is 12.4. The molecule has 0 saturated heterocycles. The molecule has 2 nitrogen and oxygen atoms in total. The molecule has 0 atom stereocenters. The van der Waals surface area contributed by atoms with Crippen molar-refractivity contribution in [2.24, 2.45) is 0 Å². The average molecular weight is 649 g/mol. The normalized spacial score (nSPS) is 14.6. The van der Waals surface area contributed by atoms with Crippen molar-refractivity contribution in [3.8, 4) is 11.1 Å². The maximum Gasteiger partial charge on any atom is 0.0502 e. The largest absolute Gasteiger partial charge is 0.310 e. The van der Waals surface area contributed by atoms with E-state index < -0.39 is 0 Å². The fourth-order valence-electron chi connectivity index (χ4n) is 7.88. The Labute approximate surface area is 297 Å². The number of hydrogen-bond donors (Lipinski definition) is 0. The maximum atomic E-state index is 2.47. The molecule has 1 aliphatic rings. The Bertz CT molecular complexity index is 2280. The Morgan fingerprint density at radius 1 is 0.380 bits per heavy atom. The van der Waals surface area contributed by atoms with Gasteiger partial charge in [0.05, 0.1) is 5.69 Å². The van der Waals surface area contributed by atoms with Crippen molar-refractivity contribution in [2.75, 3.05) is 9.80 Å². The number of nitrogens with zero attached hydrogens (tertiary/aromatic N) is 2. The second-order valence-corrected chi connectivity index (χ2v) is 14.9. The summed E-state index contributed by atoms with van der Waals surface area (Å²) in [4.78, 5) is 4.83. The highest BCUT2D eigenvalue weighted by molar-refractivity contribution is 5.90. The molecule has 0 spiro atoms. The standard InChI is InChI=1S/C48H44N2/c1-47(2)30-31-48(3,4)46-44(47)26-15-27-45(46)50(40-22-9-6-10-23-40)42-25-14-19-38(34-42)37-18-13-24-41(33-37)49(39-20-7-5-8-21-39)43-29-28-35-16-11-12-17-36(35)32-43/h5-29,32-34H,30-31H2,1-4H3. The van der Waals surface area contributed by atoms with E-state index in [0.717, 1.165) is 34.9 Å². The van der Waals surface area contributed by atoms with Gasteiger partial charge in [0, 0.05) is 28.4 Å². The lowest BCUT2D eigenvalue weighted by atomic mass is 9.62. The molecule has 7 aromatic carbocycles. The maximum absolute atomic E-state index is 2.47. The Kier molecular flexibility index (Phi) is 8.04. The van der Waals surface area contributed by atoms with Gasteiger partial charge in [0.25, 0.3) is 0 Å². The molecule has 0 saturated carbocycles. The van der Waals surface area contributed by atoms with Gasteiger partial charge < -0.3 is 9.80 Å². The molecule has 0 heterocycles. The van der Waals surface area contributed by atoms with Crippen LogP contribution in [0.15, 0.2) is 170 Å². The number of rotatable bonds is 7. The number of fused-ring (bicyclic) bond motifs is 2. The highest BCUT2D eigenvalue weighted by atomic mass is 15.1. The molecular formula is C48H44N2. The third kappa shape index (κ3) is 5.86. The van der Waals surface area contributed by atoms with E-state index in [0.29, 0.717) is 0 Å². The van der Waals surface area contributed by atoms with Gasteiger partial charge in [-0.15, -0.1) is 0 Å². The highest BCUT2D eigenvalue weighted by Gasteiger charge is 2.39. The van der Waals surface area contributed by atoms with Crippen molar-refractivity contribution in [2.45, 2.75) is 51.4 Å². The summed E-state index contributed by atoms with van der Waals surface area (Å²) in [5, 5.41) is 2.47. The summed E-state index contributed by atoms with van der Waals surface area (Å²) in [6.45, 7) is 9.65. The highest BCUT2D eigenvalue weighted by Crippen LogP contribution is 2.52. The monoisotopic (exact) mass is 648 g/mol. The van der Waals surface area contributed by atoms with Gasteiger partial charge in [-0.05, 0) is 123 Å². The van der Waals surface area contributed by atoms with Crippen LogP contribution in [0.1, 0.15) is 51.7 Å². The Morgan fingerprint density at radius 3 is 1.54 bits per heavy atom. The molecule has 1 aliphatic carbocycles. The Balaban J connectivity index is 1.26. The minimum absolute atomic E-state index is 0.0596. The van der Waals surface area contributed by atoms with Gasteiger partial charge in [-0.25, -0.2) is 0 Å². The summed E-state index contributed by atoms with van der Waals surface area (Å²) < 4.78 is 0. The summed E-state index contributed by atoms with van der Waals surface area (Å²) >= 11 is 0. The van der Waals surface area contributed by atoms with Gasteiger partial charge in [0.15, 0.2) is 0 Å². The predicted molar refractivity (Wildman–Crippen MR) is 214 cm³/mol. The van der Waals surface area contributed by atoms with Crippen molar-refractivity contribution in [1.29, 1.82) is 0 Å². The minimum atomic E-state index is 0.0596. The molecular weight excluding hydrogens is 605 g/mol. The van der Waals surface area contributed by atoms with Gasteiger partial charge >= 0.3 is 0 Å². The van der Waals surface area contributed by atoms with Crippen LogP contribution in [0.2, 0.25) is 0 Å². The molecule has 0 aliphatic heterocycles. The molecule has 8 rings (SSSR count). The van der Waals surface area contributed by atoms with Gasteiger partial charge in [-0.1, -0.05) is 131 Å². The van der Waals surface area contributed by atoms with Gasteiger partial charge in [-0.2, -0.15) is 0 Å². The molecule has 0 unspecified atom stereocenters. The molecule has 0 fully saturated rings. The van der Waals surface area contributed by atoms with E-state index in [2.05, 4.69) is 207 Å². The minimum Gasteiger partial charge on any atom is -0.310 e. The first-order valence-corrected chi connectivity index (χ1v) is 17.8. The number of benzene rings is 7. The molecule has 0 radical (unpaired) electrons. The smallest absolute Gasteiger partial charge is 0.0502 e. The number of hydrogen-bond acceptors (Lipinski definition) is 2. The summed E-state index contributed by atoms with van der Waals surface area (Å²) in [5.74, 6) is 0. The lowest BCUT2D eigenvalue weighted by molar-refractivity contribution is 0.332. The molecule has 7 aromatic rings. The first-order valence-electron chi connectivity index (χ1n) is 17.8. The summed E-state index contributed by atoms with van der Waals surface area (Å²) in [7, 11) is 0. The van der Waals surface area contributed by atoms with Gasteiger partial charge in [0.2, 0.25) is 0 Å². The topological polar surface area (TPSA) is 6.48 Å². The van der Waals surface area contributed by atoms with E-state index >= 15 is 0 Å². The average Bonchev–Trinajstić information content (AvgIpc) is 3.15. The zero-order valence-corrected chi connectivity index (χ0v) is 29.5. The van der Waals surface area contributed by atoms with Crippen LogP contribution in [0.4, 0.5) is 34.1 Å². The van der Waals surface area contributed by atoms with Crippen LogP contribution in [0.5, 0.6) is 0 Å². The van der Waals surface area contributed by atoms with Crippen LogP contribution in [0.25, 0.3) is 21.9 Å². The molecule has 0 bridgehead atoms. The molecule has 2 heteroatoms. The first-order chi connectivity index (χ1) is 24.3. The van der Waals surface area contributed by atoms with Crippen molar-refractivity contribution in [3.05, 3.63) is 181 Å². The van der Waals surface area contributed by atoms with Crippen LogP contribution in [0, 0.1) is 0 Å². The van der Waals surface area contributed by atoms with Crippen molar-refractivity contribution in [3.63, 3.8) is 0 Å². The number of para-hydroxylation sites is 2. The van der Waals surface area contributed by atoms with E-state index in [1.165, 1.54) is 45.1 Å². The SMILES string of the molecule is CC1(C)CCC(C)(C)c2c(N(c3ccccc3)c3cccc(-c4cccc(N(c5ccccc5)c5ccc6ccccc6c5)c4)c3)cccc21. The zero-order valence-electron chi connectivity index (χ0n) is 29.5. The number of anilines is 6. The van der Waals surface area contributed by atoms with Gasteiger partial charge in [0.1, 0.15) is 0 Å².